The Labute approximate surface area is 118 Å². The third-order valence-electron chi connectivity index (χ3n) is 3.75. The summed E-state index contributed by atoms with van der Waals surface area (Å²) in [5.41, 5.74) is 1.03. The molecule has 18 heavy (non-hydrogen) atoms. The molecule has 1 saturated carbocycles. The van der Waals surface area contributed by atoms with E-state index in [1.807, 2.05) is 18.2 Å². The van der Waals surface area contributed by atoms with Gasteiger partial charge in [-0.1, -0.05) is 35.3 Å². The molecule has 2 fully saturated rings. The summed E-state index contributed by atoms with van der Waals surface area (Å²) in [5.74, 6) is 0.501. The first-order valence-corrected chi connectivity index (χ1v) is 7.30. The van der Waals surface area contributed by atoms with Gasteiger partial charge >= 0.3 is 0 Å². The van der Waals surface area contributed by atoms with Crippen molar-refractivity contribution in [3.63, 3.8) is 0 Å². The Kier molecular flexibility index (Phi) is 3.81. The third-order valence-corrected chi connectivity index (χ3v) is 4.58. The van der Waals surface area contributed by atoms with Crippen molar-refractivity contribution in [3.8, 4) is 0 Å². The Morgan fingerprint density at radius 2 is 2.06 bits per heavy atom. The molecule has 98 valence electrons. The third kappa shape index (κ3) is 2.67. The van der Waals surface area contributed by atoms with Crippen molar-refractivity contribution < 1.29 is 4.74 Å². The van der Waals surface area contributed by atoms with Gasteiger partial charge in [0, 0.05) is 30.7 Å². The summed E-state index contributed by atoms with van der Waals surface area (Å²) in [6, 6.07) is 6.52. The van der Waals surface area contributed by atoms with Gasteiger partial charge in [0.05, 0.1) is 16.1 Å². The molecule has 1 saturated heterocycles. The Bertz CT molecular complexity index is 434. The van der Waals surface area contributed by atoms with Crippen LogP contribution in [0.1, 0.15) is 30.9 Å². The maximum absolute atomic E-state index is 6.28. The molecular formula is C14H17Cl2NO. The highest BCUT2D eigenvalue weighted by Crippen LogP contribution is 2.40. The molecule has 1 aliphatic heterocycles. The van der Waals surface area contributed by atoms with Crippen LogP contribution in [0.25, 0.3) is 0 Å². The van der Waals surface area contributed by atoms with Gasteiger partial charge in [0.25, 0.3) is 0 Å². The van der Waals surface area contributed by atoms with Crippen molar-refractivity contribution in [1.82, 2.24) is 5.32 Å². The standard InChI is InChI=1S/C14H17Cl2NO/c15-12-3-1-2-11(13(12)16)14-9(6-7-18-14)8-17-10-4-5-10/h1-3,9-10,14,17H,4-8H2. The highest BCUT2D eigenvalue weighted by Gasteiger charge is 2.32. The molecule has 4 heteroatoms. The second-order valence-electron chi connectivity index (χ2n) is 5.17. The minimum absolute atomic E-state index is 0.0856. The van der Waals surface area contributed by atoms with Gasteiger partial charge in [-0.25, -0.2) is 0 Å². The van der Waals surface area contributed by atoms with E-state index in [4.69, 9.17) is 27.9 Å². The fourth-order valence-electron chi connectivity index (χ4n) is 2.53. The first kappa shape index (κ1) is 12.7. The van der Waals surface area contributed by atoms with E-state index >= 15 is 0 Å². The fraction of sp³-hybridized carbons (Fsp3) is 0.571. The van der Waals surface area contributed by atoms with E-state index in [9.17, 15) is 0 Å². The van der Waals surface area contributed by atoms with Crippen LogP contribution in [-0.2, 0) is 4.74 Å². The molecule has 0 aromatic heterocycles. The molecule has 2 unspecified atom stereocenters. The van der Waals surface area contributed by atoms with Gasteiger partial charge < -0.3 is 10.1 Å². The molecule has 0 radical (unpaired) electrons. The predicted octanol–water partition coefficient (Wildman–Crippen LogP) is 3.82. The zero-order valence-corrected chi connectivity index (χ0v) is 11.7. The average Bonchev–Trinajstić information content (AvgIpc) is 3.08. The quantitative estimate of drug-likeness (QED) is 0.908. The minimum atomic E-state index is 0.0856. The van der Waals surface area contributed by atoms with E-state index in [-0.39, 0.29) is 6.10 Å². The molecule has 0 spiro atoms. The zero-order valence-electron chi connectivity index (χ0n) is 10.2. The van der Waals surface area contributed by atoms with E-state index in [1.165, 1.54) is 12.8 Å². The normalized spacial score (nSPS) is 27.7. The second-order valence-corrected chi connectivity index (χ2v) is 5.95. The molecule has 3 rings (SSSR count). The van der Waals surface area contributed by atoms with Crippen LogP contribution in [0.3, 0.4) is 0 Å². The molecule has 1 aliphatic carbocycles. The summed E-state index contributed by atoms with van der Waals surface area (Å²) in [7, 11) is 0. The Hall–Kier alpha value is -0.280. The minimum Gasteiger partial charge on any atom is -0.373 e. The Morgan fingerprint density at radius 3 is 2.83 bits per heavy atom. The van der Waals surface area contributed by atoms with Crippen molar-refractivity contribution in [1.29, 1.82) is 0 Å². The Morgan fingerprint density at radius 1 is 1.22 bits per heavy atom. The first-order valence-electron chi connectivity index (χ1n) is 6.54. The van der Waals surface area contributed by atoms with E-state index in [0.29, 0.717) is 16.0 Å². The second kappa shape index (κ2) is 5.38. The lowest BCUT2D eigenvalue weighted by Crippen LogP contribution is -2.26. The maximum Gasteiger partial charge on any atom is 0.0880 e. The SMILES string of the molecule is Clc1cccc(C2OCCC2CNC2CC2)c1Cl. The van der Waals surface area contributed by atoms with Gasteiger partial charge in [0.1, 0.15) is 0 Å². The van der Waals surface area contributed by atoms with E-state index in [2.05, 4.69) is 5.32 Å². The van der Waals surface area contributed by atoms with Crippen LogP contribution in [0.4, 0.5) is 0 Å². The smallest absolute Gasteiger partial charge is 0.0880 e. The molecule has 2 nitrogen and oxygen atoms in total. The number of hydrogen-bond acceptors (Lipinski definition) is 2. The zero-order chi connectivity index (χ0) is 12.5. The molecular weight excluding hydrogens is 269 g/mol. The molecule has 1 N–H and O–H groups in total. The van der Waals surface area contributed by atoms with Crippen molar-refractivity contribution >= 4 is 23.2 Å². The van der Waals surface area contributed by atoms with Gasteiger partial charge in [0.2, 0.25) is 0 Å². The van der Waals surface area contributed by atoms with Crippen molar-refractivity contribution in [2.75, 3.05) is 13.2 Å². The van der Waals surface area contributed by atoms with Gasteiger partial charge in [0.15, 0.2) is 0 Å². The molecule has 0 amide bonds. The van der Waals surface area contributed by atoms with Crippen molar-refractivity contribution in [3.05, 3.63) is 33.8 Å². The van der Waals surface area contributed by atoms with Crippen LogP contribution in [0.5, 0.6) is 0 Å². The number of ether oxygens (including phenoxy) is 1. The Balaban J connectivity index is 1.74. The fourth-order valence-corrected chi connectivity index (χ4v) is 2.95. The molecule has 1 heterocycles. The summed E-state index contributed by atoms with van der Waals surface area (Å²) >= 11 is 12.4. The summed E-state index contributed by atoms with van der Waals surface area (Å²) in [6.45, 7) is 1.82. The van der Waals surface area contributed by atoms with Crippen LogP contribution < -0.4 is 5.32 Å². The van der Waals surface area contributed by atoms with Gasteiger partial charge in [-0.15, -0.1) is 0 Å². The summed E-state index contributed by atoms with van der Waals surface area (Å²) in [6.07, 6.45) is 3.81. The first-order chi connectivity index (χ1) is 8.75. The van der Waals surface area contributed by atoms with Gasteiger partial charge in [-0.2, -0.15) is 0 Å². The maximum atomic E-state index is 6.28. The summed E-state index contributed by atoms with van der Waals surface area (Å²) < 4.78 is 5.86. The lowest BCUT2D eigenvalue weighted by atomic mass is 9.95. The van der Waals surface area contributed by atoms with Crippen LogP contribution in [-0.4, -0.2) is 19.2 Å². The predicted molar refractivity (Wildman–Crippen MR) is 74.3 cm³/mol. The summed E-state index contributed by atoms with van der Waals surface area (Å²) in [4.78, 5) is 0. The molecule has 2 aliphatic rings. The lowest BCUT2D eigenvalue weighted by molar-refractivity contribution is 0.0905. The number of hydrogen-bond donors (Lipinski definition) is 1. The van der Waals surface area contributed by atoms with Crippen molar-refractivity contribution in [2.24, 2.45) is 5.92 Å². The number of halogens is 2. The van der Waals surface area contributed by atoms with Gasteiger partial charge in [-0.05, 0) is 25.3 Å². The van der Waals surface area contributed by atoms with Gasteiger partial charge in [-0.3, -0.25) is 0 Å². The monoisotopic (exact) mass is 285 g/mol. The number of benzene rings is 1. The topological polar surface area (TPSA) is 21.3 Å². The lowest BCUT2D eigenvalue weighted by Gasteiger charge is -2.20. The molecule has 0 bridgehead atoms. The largest absolute Gasteiger partial charge is 0.373 e. The highest BCUT2D eigenvalue weighted by molar-refractivity contribution is 6.42. The number of rotatable bonds is 4. The molecule has 2 atom stereocenters. The number of nitrogens with one attached hydrogen (secondary N) is 1. The molecule has 1 aromatic rings. The van der Waals surface area contributed by atoms with Crippen LogP contribution in [0.15, 0.2) is 18.2 Å². The van der Waals surface area contributed by atoms with E-state index in [1.54, 1.807) is 0 Å². The van der Waals surface area contributed by atoms with Crippen LogP contribution >= 0.6 is 23.2 Å². The van der Waals surface area contributed by atoms with Crippen LogP contribution in [0, 0.1) is 5.92 Å². The average molecular weight is 286 g/mol. The highest BCUT2D eigenvalue weighted by atomic mass is 35.5. The van der Waals surface area contributed by atoms with Crippen LogP contribution in [0.2, 0.25) is 10.0 Å². The molecule has 1 aromatic carbocycles. The van der Waals surface area contributed by atoms with E-state index < -0.39 is 0 Å². The summed E-state index contributed by atoms with van der Waals surface area (Å²) in [5, 5.41) is 4.83. The van der Waals surface area contributed by atoms with Crippen molar-refractivity contribution in [2.45, 2.75) is 31.4 Å². The van der Waals surface area contributed by atoms with E-state index in [0.717, 1.165) is 31.2 Å².